The van der Waals surface area contributed by atoms with Crippen molar-refractivity contribution in [3.63, 3.8) is 0 Å². The Balaban J connectivity index is 2.00. The number of amides is 1. The summed E-state index contributed by atoms with van der Waals surface area (Å²) in [4.78, 5) is 11.9. The first-order chi connectivity index (χ1) is 10.1. The lowest BCUT2D eigenvalue weighted by Gasteiger charge is -2.19. The highest BCUT2D eigenvalue weighted by Crippen LogP contribution is 2.33. The molecule has 1 aliphatic rings. The van der Waals surface area contributed by atoms with Crippen molar-refractivity contribution in [2.45, 2.75) is 11.8 Å². The Morgan fingerprint density at radius 2 is 2.05 bits per heavy atom. The number of fused-ring (bicyclic) bond motifs is 1. The maximum absolute atomic E-state index is 14.0. The highest BCUT2D eigenvalue weighted by Gasteiger charge is 2.21. The normalized spacial score (nSPS) is 15.3. The minimum atomic E-state index is -0.627. The molecule has 1 atom stereocenters. The topological polar surface area (TPSA) is 29.1 Å². The van der Waals surface area contributed by atoms with Crippen molar-refractivity contribution in [1.29, 1.82) is 0 Å². The molecule has 0 saturated heterocycles. The van der Waals surface area contributed by atoms with Crippen molar-refractivity contribution >= 4 is 33.4 Å². The van der Waals surface area contributed by atoms with E-state index in [4.69, 9.17) is 11.6 Å². The largest absolute Gasteiger partial charge is 0.352 e. The number of hydrogen-bond acceptors (Lipinski definition) is 1. The van der Waals surface area contributed by atoms with E-state index in [1.54, 1.807) is 18.2 Å². The van der Waals surface area contributed by atoms with Crippen LogP contribution < -0.4 is 5.32 Å². The Labute approximate surface area is 135 Å². The molecule has 2 aromatic carbocycles. The SMILES string of the molecule is O=C1NCCc2ccc(C(Cl)c3ccc(Br)cc3F)cc21. The van der Waals surface area contributed by atoms with Gasteiger partial charge in [0.25, 0.3) is 5.91 Å². The van der Waals surface area contributed by atoms with Gasteiger partial charge < -0.3 is 5.32 Å². The minimum absolute atomic E-state index is 0.0988. The first-order valence-corrected chi connectivity index (χ1v) is 7.79. The molecule has 1 amide bonds. The second kappa shape index (κ2) is 5.78. The van der Waals surface area contributed by atoms with Crippen LogP contribution in [0.3, 0.4) is 0 Å². The summed E-state index contributed by atoms with van der Waals surface area (Å²) in [6, 6.07) is 10.3. The van der Waals surface area contributed by atoms with Crippen molar-refractivity contribution in [3.05, 3.63) is 68.9 Å². The third kappa shape index (κ3) is 2.83. The van der Waals surface area contributed by atoms with Crippen LogP contribution in [0.4, 0.5) is 4.39 Å². The third-order valence-electron chi connectivity index (χ3n) is 3.59. The number of benzene rings is 2. The summed E-state index contributed by atoms with van der Waals surface area (Å²) in [6.45, 7) is 0.650. The number of carbonyl (C=O) groups is 1. The van der Waals surface area contributed by atoms with Gasteiger partial charge >= 0.3 is 0 Å². The van der Waals surface area contributed by atoms with Crippen molar-refractivity contribution in [2.24, 2.45) is 0 Å². The zero-order valence-corrected chi connectivity index (χ0v) is 13.3. The standard InChI is InChI=1S/C16H12BrClFNO/c17-11-3-4-12(14(19)8-11)15(18)10-2-1-9-5-6-20-16(21)13(9)7-10/h1-4,7-8,15H,5-6H2,(H,20,21). The lowest BCUT2D eigenvalue weighted by molar-refractivity contribution is 0.0946. The van der Waals surface area contributed by atoms with Gasteiger partial charge in [-0.25, -0.2) is 4.39 Å². The van der Waals surface area contributed by atoms with Gasteiger partial charge in [-0.1, -0.05) is 34.1 Å². The fourth-order valence-electron chi connectivity index (χ4n) is 2.47. The lowest BCUT2D eigenvalue weighted by atomic mass is 9.95. The number of nitrogens with one attached hydrogen (secondary N) is 1. The Morgan fingerprint density at radius 1 is 1.24 bits per heavy atom. The predicted octanol–water partition coefficient (Wildman–Crippen LogP) is 4.20. The monoisotopic (exact) mass is 367 g/mol. The molecule has 0 aliphatic carbocycles. The predicted molar refractivity (Wildman–Crippen MR) is 84.3 cm³/mol. The molecule has 2 aromatic rings. The molecule has 5 heteroatoms. The van der Waals surface area contributed by atoms with E-state index in [9.17, 15) is 9.18 Å². The summed E-state index contributed by atoms with van der Waals surface area (Å²) in [5, 5.41) is 2.17. The molecular formula is C16H12BrClFNO. The van der Waals surface area contributed by atoms with E-state index in [0.717, 1.165) is 12.0 Å². The maximum Gasteiger partial charge on any atom is 0.251 e. The van der Waals surface area contributed by atoms with Crippen LogP contribution in [0, 0.1) is 5.82 Å². The van der Waals surface area contributed by atoms with Gasteiger partial charge in [-0.2, -0.15) is 0 Å². The van der Waals surface area contributed by atoms with Crippen LogP contribution in [0.25, 0.3) is 0 Å². The van der Waals surface area contributed by atoms with E-state index in [-0.39, 0.29) is 11.7 Å². The molecular weight excluding hydrogens is 357 g/mol. The number of halogens is 3. The van der Waals surface area contributed by atoms with E-state index in [0.29, 0.717) is 27.7 Å². The Bertz CT molecular complexity index is 719. The first kappa shape index (κ1) is 14.5. The third-order valence-corrected chi connectivity index (χ3v) is 4.57. The summed E-state index contributed by atoms with van der Waals surface area (Å²) >= 11 is 9.62. The van der Waals surface area contributed by atoms with Crippen molar-refractivity contribution in [1.82, 2.24) is 5.32 Å². The van der Waals surface area contributed by atoms with Crippen molar-refractivity contribution in [2.75, 3.05) is 6.54 Å². The van der Waals surface area contributed by atoms with Gasteiger partial charge in [0, 0.05) is 22.1 Å². The average Bonchev–Trinajstić information content (AvgIpc) is 2.47. The first-order valence-electron chi connectivity index (χ1n) is 6.56. The summed E-state index contributed by atoms with van der Waals surface area (Å²) in [6.07, 6.45) is 0.806. The molecule has 0 spiro atoms. The lowest BCUT2D eigenvalue weighted by Crippen LogP contribution is -2.31. The number of carbonyl (C=O) groups excluding carboxylic acids is 1. The van der Waals surface area contributed by atoms with Crippen LogP contribution in [-0.4, -0.2) is 12.5 Å². The molecule has 1 N–H and O–H groups in total. The molecule has 0 radical (unpaired) electrons. The molecule has 1 unspecified atom stereocenters. The van der Waals surface area contributed by atoms with E-state index < -0.39 is 5.38 Å². The molecule has 0 fully saturated rings. The van der Waals surface area contributed by atoms with Crippen LogP contribution in [0.5, 0.6) is 0 Å². The maximum atomic E-state index is 14.0. The Morgan fingerprint density at radius 3 is 2.81 bits per heavy atom. The highest BCUT2D eigenvalue weighted by molar-refractivity contribution is 9.10. The van der Waals surface area contributed by atoms with Gasteiger partial charge in [-0.3, -0.25) is 4.79 Å². The molecule has 0 bridgehead atoms. The minimum Gasteiger partial charge on any atom is -0.352 e. The Hall–Kier alpha value is -1.39. The van der Waals surface area contributed by atoms with E-state index in [2.05, 4.69) is 21.2 Å². The molecule has 1 aliphatic heterocycles. The second-order valence-corrected chi connectivity index (χ2v) is 6.30. The zero-order chi connectivity index (χ0) is 15.0. The van der Waals surface area contributed by atoms with Gasteiger partial charge in [-0.05, 0) is 35.7 Å². The Kier molecular flexibility index (Phi) is 4.00. The van der Waals surface area contributed by atoms with Crippen LogP contribution in [0.2, 0.25) is 0 Å². The highest BCUT2D eigenvalue weighted by atomic mass is 79.9. The summed E-state index contributed by atoms with van der Waals surface area (Å²) < 4.78 is 14.7. The second-order valence-electron chi connectivity index (χ2n) is 4.95. The molecule has 2 nitrogen and oxygen atoms in total. The summed E-state index contributed by atoms with van der Waals surface area (Å²) in [7, 11) is 0. The van der Waals surface area contributed by atoms with Gasteiger partial charge in [0.2, 0.25) is 0 Å². The molecule has 0 saturated carbocycles. The van der Waals surface area contributed by atoms with Crippen molar-refractivity contribution in [3.8, 4) is 0 Å². The average molecular weight is 369 g/mol. The van der Waals surface area contributed by atoms with E-state index >= 15 is 0 Å². The molecule has 3 rings (SSSR count). The summed E-state index contributed by atoms with van der Waals surface area (Å²) in [5.41, 5.74) is 2.74. The molecule has 108 valence electrons. The van der Waals surface area contributed by atoms with Gasteiger partial charge in [0.15, 0.2) is 0 Å². The van der Waals surface area contributed by atoms with E-state index in [1.807, 2.05) is 12.1 Å². The summed E-state index contributed by atoms with van der Waals surface area (Å²) in [5.74, 6) is -0.468. The number of alkyl halides is 1. The van der Waals surface area contributed by atoms with Crippen LogP contribution >= 0.6 is 27.5 Å². The molecule has 0 aromatic heterocycles. The van der Waals surface area contributed by atoms with Gasteiger partial charge in [0.1, 0.15) is 5.82 Å². The smallest absolute Gasteiger partial charge is 0.251 e. The van der Waals surface area contributed by atoms with Crippen LogP contribution in [0.15, 0.2) is 40.9 Å². The van der Waals surface area contributed by atoms with Gasteiger partial charge in [0.05, 0.1) is 5.38 Å². The molecule has 21 heavy (non-hydrogen) atoms. The zero-order valence-electron chi connectivity index (χ0n) is 11.0. The molecule has 1 heterocycles. The van der Waals surface area contributed by atoms with Crippen LogP contribution in [-0.2, 0) is 6.42 Å². The quantitative estimate of drug-likeness (QED) is 0.791. The number of hydrogen-bond donors (Lipinski definition) is 1. The fourth-order valence-corrected chi connectivity index (χ4v) is 3.12. The van der Waals surface area contributed by atoms with Crippen LogP contribution in [0.1, 0.15) is 32.4 Å². The van der Waals surface area contributed by atoms with Crippen molar-refractivity contribution < 1.29 is 9.18 Å². The fraction of sp³-hybridized carbons (Fsp3) is 0.188. The number of rotatable bonds is 2. The van der Waals surface area contributed by atoms with E-state index in [1.165, 1.54) is 6.07 Å². The van der Waals surface area contributed by atoms with Gasteiger partial charge in [-0.15, -0.1) is 11.6 Å².